The molecule has 1 atom stereocenters. The van der Waals surface area contributed by atoms with Gasteiger partial charge in [0.05, 0.1) is 12.8 Å². The van der Waals surface area contributed by atoms with Gasteiger partial charge in [0.1, 0.15) is 5.75 Å². The highest BCUT2D eigenvalue weighted by Crippen LogP contribution is 2.26. The molecule has 2 aromatic rings. The van der Waals surface area contributed by atoms with Crippen LogP contribution in [0.5, 0.6) is 5.75 Å². The third-order valence-corrected chi connectivity index (χ3v) is 5.15. The van der Waals surface area contributed by atoms with E-state index in [2.05, 4.69) is 21.3 Å². The van der Waals surface area contributed by atoms with E-state index in [0.29, 0.717) is 6.04 Å². The van der Waals surface area contributed by atoms with Crippen molar-refractivity contribution < 1.29 is 4.74 Å². The van der Waals surface area contributed by atoms with E-state index in [-0.39, 0.29) is 12.4 Å². The van der Waals surface area contributed by atoms with E-state index in [0.717, 1.165) is 54.6 Å². The molecule has 2 heterocycles. The molecule has 1 aromatic heterocycles. The van der Waals surface area contributed by atoms with Crippen molar-refractivity contribution in [2.75, 3.05) is 20.2 Å². The first-order valence-corrected chi connectivity index (χ1v) is 9.31. The van der Waals surface area contributed by atoms with Crippen LogP contribution in [0.2, 0.25) is 5.02 Å². The zero-order chi connectivity index (χ0) is 17.5. The highest BCUT2D eigenvalue weighted by molar-refractivity contribution is 6.31. The largest absolute Gasteiger partial charge is 0.497 e. The lowest BCUT2D eigenvalue weighted by Gasteiger charge is -2.31. The summed E-state index contributed by atoms with van der Waals surface area (Å²) in [6.07, 6.45) is 5.41. The van der Waals surface area contributed by atoms with Crippen LogP contribution < -0.4 is 10.1 Å². The van der Waals surface area contributed by atoms with Crippen LogP contribution in [0.1, 0.15) is 30.5 Å². The second-order valence-corrected chi connectivity index (χ2v) is 6.93. The molecule has 4 nitrogen and oxygen atoms in total. The quantitative estimate of drug-likeness (QED) is 0.790. The minimum Gasteiger partial charge on any atom is -0.497 e. The van der Waals surface area contributed by atoms with Crippen molar-refractivity contribution in [2.24, 2.45) is 0 Å². The van der Waals surface area contributed by atoms with Gasteiger partial charge in [-0.2, -0.15) is 0 Å². The lowest BCUT2D eigenvalue weighted by Crippen LogP contribution is -2.35. The highest BCUT2D eigenvalue weighted by atomic mass is 35.5. The van der Waals surface area contributed by atoms with Crippen LogP contribution in [0.15, 0.2) is 42.6 Å². The topological polar surface area (TPSA) is 37.4 Å². The fourth-order valence-electron chi connectivity index (χ4n) is 3.40. The van der Waals surface area contributed by atoms with Gasteiger partial charge in [-0.1, -0.05) is 17.7 Å². The van der Waals surface area contributed by atoms with E-state index in [1.165, 1.54) is 12.8 Å². The molecule has 0 spiro atoms. The average Bonchev–Trinajstić information content (AvgIpc) is 2.93. The second-order valence-electron chi connectivity index (χ2n) is 6.52. The molecular formula is C20H27Cl2N3O. The maximum absolute atomic E-state index is 6.46. The number of nitrogens with one attached hydrogen (secondary N) is 1. The van der Waals surface area contributed by atoms with Gasteiger partial charge in [-0.05, 0) is 68.2 Å². The van der Waals surface area contributed by atoms with Crippen LogP contribution >= 0.6 is 24.0 Å². The number of methoxy groups -OCH3 is 1. The molecule has 1 aliphatic heterocycles. The van der Waals surface area contributed by atoms with Crippen LogP contribution in [0.4, 0.5) is 0 Å². The summed E-state index contributed by atoms with van der Waals surface area (Å²) in [5.41, 5.74) is 2.20. The van der Waals surface area contributed by atoms with Gasteiger partial charge in [-0.25, -0.2) is 0 Å². The maximum Gasteiger partial charge on any atom is 0.119 e. The van der Waals surface area contributed by atoms with Gasteiger partial charge in [0.25, 0.3) is 0 Å². The predicted molar refractivity (Wildman–Crippen MR) is 109 cm³/mol. The molecule has 3 rings (SSSR count). The van der Waals surface area contributed by atoms with Crippen molar-refractivity contribution in [3.63, 3.8) is 0 Å². The van der Waals surface area contributed by atoms with Crippen molar-refractivity contribution in [3.8, 4) is 5.75 Å². The molecule has 0 amide bonds. The zero-order valence-corrected chi connectivity index (χ0v) is 16.7. The van der Waals surface area contributed by atoms with Gasteiger partial charge in [-0.15, -0.1) is 12.4 Å². The summed E-state index contributed by atoms with van der Waals surface area (Å²) in [6.45, 7) is 3.80. The summed E-state index contributed by atoms with van der Waals surface area (Å²) in [7, 11) is 1.69. The van der Waals surface area contributed by atoms with E-state index in [1.807, 2.05) is 36.5 Å². The van der Waals surface area contributed by atoms with Crippen LogP contribution in [0, 0.1) is 0 Å². The lowest BCUT2D eigenvalue weighted by atomic mass is 10.1. The molecule has 1 saturated heterocycles. The van der Waals surface area contributed by atoms with E-state index in [1.54, 1.807) is 7.11 Å². The molecule has 1 aromatic carbocycles. The van der Waals surface area contributed by atoms with Gasteiger partial charge >= 0.3 is 0 Å². The summed E-state index contributed by atoms with van der Waals surface area (Å²) < 4.78 is 5.38. The van der Waals surface area contributed by atoms with Crippen molar-refractivity contribution in [2.45, 2.75) is 38.4 Å². The highest BCUT2D eigenvalue weighted by Gasteiger charge is 2.22. The number of benzene rings is 1. The Morgan fingerprint density at radius 1 is 1.19 bits per heavy atom. The van der Waals surface area contributed by atoms with Crippen molar-refractivity contribution in [1.29, 1.82) is 0 Å². The Morgan fingerprint density at radius 2 is 2.08 bits per heavy atom. The number of hydrogen-bond donors (Lipinski definition) is 1. The third-order valence-electron chi connectivity index (χ3n) is 4.78. The molecule has 0 aliphatic carbocycles. The summed E-state index contributed by atoms with van der Waals surface area (Å²) in [6, 6.07) is 12.5. The molecule has 6 heteroatoms. The molecule has 1 unspecified atom stereocenters. The van der Waals surface area contributed by atoms with Gasteiger partial charge in [0.2, 0.25) is 0 Å². The van der Waals surface area contributed by atoms with Crippen LogP contribution in [-0.2, 0) is 13.1 Å². The van der Waals surface area contributed by atoms with E-state index >= 15 is 0 Å². The molecule has 0 saturated carbocycles. The minimum atomic E-state index is 0. The molecule has 1 fully saturated rings. The average molecular weight is 396 g/mol. The van der Waals surface area contributed by atoms with Crippen molar-refractivity contribution in [3.05, 3.63) is 58.9 Å². The Balaban J connectivity index is 0.00000243. The number of halogens is 2. The Morgan fingerprint density at radius 3 is 2.85 bits per heavy atom. The molecule has 0 radical (unpaired) electrons. The SMILES string of the molecule is COc1ccc(Cl)c(CN(Cc2ccccn2)C2CCCNCC2)c1.Cl. The normalized spacial score (nSPS) is 17.4. The lowest BCUT2D eigenvalue weighted by molar-refractivity contribution is 0.162. The number of nitrogens with zero attached hydrogens (tertiary/aromatic N) is 2. The van der Waals surface area contributed by atoms with E-state index < -0.39 is 0 Å². The molecule has 0 bridgehead atoms. The number of pyridine rings is 1. The number of rotatable bonds is 6. The standard InChI is InChI=1S/C20H26ClN3O.ClH/c1-25-19-7-8-20(21)16(13-19)14-24(15-17-5-2-3-11-23-17)18-6-4-10-22-12-9-18;/h2-3,5,7-8,11,13,18,22H,4,6,9-10,12,14-15H2,1H3;1H. The summed E-state index contributed by atoms with van der Waals surface area (Å²) in [4.78, 5) is 7.03. The summed E-state index contributed by atoms with van der Waals surface area (Å²) >= 11 is 6.46. The van der Waals surface area contributed by atoms with Gasteiger partial charge in [0, 0.05) is 30.4 Å². The first-order chi connectivity index (χ1) is 12.3. The number of aromatic nitrogens is 1. The van der Waals surface area contributed by atoms with Gasteiger partial charge in [0.15, 0.2) is 0 Å². The third kappa shape index (κ3) is 5.85. The van der Waals surface area contributed by atoms with Crippen molar-refractivity contribution >= 4 is 24.0 Å². The Hall–Kier alpha value is -1.33. The molecule has 1 N–H and O–H groups in total. The molecule has 142 valence electrons. The van der Waals surface area contributed by atoms with Crippen molar-refractivity contribution in [1.82, 2.24) is 15.2 Å². The number of ether oxygens (including phenoxy) is 1. The van der Waals surface area contributed by atoms with E-state index in [4.69, 9.17) is 16.3 Å². The molecular weight excluding hydrogens is 369 g/mol. The van der Waals surface area contributed by atoms with E-state index in [9.17, 15) is 0 Å². The monoisotopic (exact) mass is 395 g/mol. The molecule has 26 heavy (non-hydrogen) atoms. The first kappa shape index (κ1) is 21.0. The van der Waals surface area contributed by atoms with Crippen LogP contribution in [0.25, 0.3) is 0 Å². The van der Waals surface area contributed by atoms with Crippen LogP contribution in [0.3, 0.4) is 0 Å². The predicted octanol–water partition coefficient (Wildman–Crippen LogP) is 4.31. The molecule has 1 aliphatic rings. The maximum atomic E-state index is 6.46. The van der Waals surface area contributed by atoms with Gasteiger partial charge in [-0.3, -0.25) is 9.88 Å². The Labute approximate surface area is 167 Å². The summed E-state index contributed by atoms with van der Waals surface area (Å²) in [5.74, 6) is 0.847. The van der Waals surface area contributed by atoms with Gasteiger partial charge < -0.3 is 10.1 Å². The zero-order valence-electron chi connectivity index (χ0n) is 15.2. The second kappa shape index (κ2) is 10.7. The Kier molecular flexibility index (Phi) is 8.66. The van der Waals surface area contributed by atoms with Crippen LogP contribution in [-0.4, -0.2) is 36.1 Å². The number of hydrogen-bond acceptors (Lipinski definition) is 4. The fourth-order valence-corrected chi connectivity index (χ4v) is 3.58. The smallest absolute Gasteiger partial charge is 0.119 e. The Bertz CT molecular complexity index is 661. The summed E-state index contributed by atoms with van der Waals surface area (Å²) in [5, 5.41) is 4.29. The fraction of sp³-hybridized carbons (Fsp3) is 0.450. The minimum absolute atomic E-state index is 0. The first-order valence-electron chi connectivity index (χ1n) is 8.93.